The van der Waals surface area contributed by atoms with Crippen LogP contribution in [0.2, 0.25) is 0 Å². The Kier molecular flexibility index (Phi) is 8.16. The van der Waals surface area contributed by atoms with Crippen molar-refractivity contribution in [2.75, 3.05) is 6.54 Å². The van der Waals surface area contributed by atoms with Crippen LogP contribution in [0.25, 0.3) is 0 Å². The Morgan fingerprint density at radius 2 is 1.57 bits per heavy atom. The zero-order valence-electron chi connectivity index (χ0n) is 18.7. The number of nitrogens with zero attached hydrogens (tertiary/aromatic N) is 1. The van der Waals surface area contributed by atoms with Crippen LogP contribution >= 0.6 is 0 Å². The smallest absolute Gasteiger partial charge is 0.242 e. The topological polar surface area (TPSA) is 49.4 Å². The van der Waals surface area contributed by atoms with E-state index in [4.69, 9.17) is 0 Å². The van der Waals surface area contributed by atoms with Crippen LogP contribution in [-0.2, 0) is 28.0 Å². The van der Waals surface area contributed by atoms with E-state index in [1.807, 2.05) is 6.92 Å². The molecule has 1 atom stereocenters. The summed E-state index contributed by atoms with van der Waals surface area (Å²) in [7, 11) is 0. The van der Waals surface area contributed by atoms with Crippen LogP contribution in [0.4, 0.5) is 4.39 Å². The number of rotatable bonds is 8. The van der Waals surface area contributed by atoms with Crippen molar-refractivity contribution >= 4 is 11.8 Å². The highest BCUT2D eigenvalue weighted by molar-refractivity contribution is 5.87. The van der Waals surface area contributed by atoms with Gasteiger partial charge < -0.3 is 10.2 Å². The van der Waals surface area contributed by atoms with Gasteiger partial charge in [0.1, 0.15) is 11.9 Å². The number of hydrogen-bond acceptors (Lipinski definition) is 2. The summed E-state index contributed by atoms with van der Waals surface area (Å²) in [5.41, 5.74) is 3.21. The molecule has 5 heteroatoms. The lowest BCUT2D eigenvalue weighted by Crippen LogP contribution is -2.47. The zero-order valence-corrected chi connectivity index (χ0v) is 18.7. The fourth-order valence-electron chi connectivity index (χ4n) is 3.26. The van der Waals surface area contributed by atoms with Gasteiger partial charge in [-0.1, -0.05) is 57.2 Å². The van der Waals surface area contributed by atoms with Gasteiger partial charge in [0.15, 0.2) is 0 Å². The molecule has 0 heterocycles. The molecule has 0 saturated heterocycles. The number of likely N-dealkylation sites (N-methyl/N-ethyl adjacent to an activating group) is 1. The van der Waals surface area contributed by atoms with Gasteiger partial charge in [-0.05, 0) is 54.5 Å². The van der Waals surface area contributed by atoms with Gasteiger partial charge in [-0.3, -0.25) is 9.59 Å². The number of carbonyl (C=O) groups excluding carboxylic acids is 2. The van der Waals surface area contributed by atoms with Crippen molar-refractivity contribution in [3.8, 4) is 0 Å². The molecule has 2 rings (SSSR count). The van der Waals surface area contributed by atoms with Gasteiger partial charge in [0.05, 0.1) is 0 Å². The van der Waals surface area contributed by atoms with E-state index in [2.05, 4.69) is 50.4 Å². The molecule has 162 valence electrons. The highest BCUT2D eigenvalue weighted by atomic mass is 19.1. The summed E-state index contributed by atoms with van der Waals surface area (Å²) in [4.78, 5) is 27.0. The van der Waals surface area contributed by atoms with Crippen LogP contribution < -0.4 is 5.32 Å². The third-order valence-corrected chi connectivity index (χ3v) is 5.23. The van der Waals surface area contributed by atoms with Gasteiger partial charge in [0.25, 0.3) is 0 Å². The first-order valence-corrected chi connectivity index (χ1v) is 10.5. The Morgan fingerprint density at radius 1 is 1.00 bits per heavy atom. The third kappa shape index (κ3) is 6.68. The first-order valence-electron chi connectivity index (χ1n) is 10.5. The maximum atomic E-state index is 13.2. The first-order chi connectivity index (χ1) is 14.1. The largest absolute Gasteiger partial charge is 0.355 e. The average Bonchev–Trinajstić information content (AvgIpc) is 2.71. The van der Waals surface area contributed by atoms with Crippen molar-refractivity contribution < 1.29 is 14.0 Å². The first kappa shape index (κ1) is 23.6. The minimum atomic E-state index is -0.606. The molecule has 0 spiro atoms. The van der Waals surface area contributed by atoms with Crippen molar-refractivity contribution in [1.82, 2.24) is 10.2 Å². The van der Waals surface area contributed by atoms with Gasteiger partial charge in [-0.15, -0.1) is 0 Å². The Morgan fingerprint density at radius 3 is 2.10 bits per heavy atom. The van der Waals surface area contributed by atoms with Crippen molar-refractivity contribution in [2.24, 2.45) is 0 Å². The van der Waals surface area contributed by atoms with E-state index in [1.165, 1.54) is 17.7 Å². The molecule has 0 aliphatic carbocycles. The van der Waals surface area contributed by atoms with Crippen LogP contribution in [0.3, 0.4) is 0 Å². The normalized spacial score (nSPS) is 12.3. The van der Waals surface area contributed by atoms with Gasteiger partial charge >= 0.3 is 0 Å². The molecule has 2 aromatic rings. The van der Waals surface area contributed by atoms with Gasteiger partial charge in [0.2, 0.25) is 11.8 Å². The third-order valence-electron chi connectivity index (χ3n) is 5.23. The molecular weight excluding hydrogens is 379 g/mol. The van der Waals surface area contributed by atoms with E-state index in [0.717, 1.165) is 11.1 Å². The molecule has 2 aromatic carbocycles. The number of benzene rings is 2. The summed E-state index contributed by atoms with van der Waals surface area (Å²) in [6.07, 6.45) is 0.908. The second kappa shape index (κ2) is 10.4. The number of aryl methyl sites for hydroxylation is 1. The summed E-state index contributed by atoms with van der Waals surface area (Å²) in [6.45, 7) is 10.8. The monoisotopic (exact) mass is 412 g/mol. The lowest BCUT2D eigenvalue weighted by Gasteiger charge is -2.29. The number of carbonyl (C=O) groups is 2. The summed E-state index contributed by atoms with van der Waals surface area (Å²) < 4.78 is 13.2. The molecule has 0 aromatic heterocycles. The standard InChI is InChI=1S/C25H33FN2O2/c1-6-27-24(30)18(2)28(17-20-9-14-22(26)15-10-20)23(29)16-11-19-7-12-21(13-8-19)25(3,4)5/h7-10,12-15,18H,6,11,16-17H2,1-5H3,(H,27,30)/t18-/m0/s1. The molecule has 0 bridgehead atoms. The highest BCUT2D eigenvalue weighted by Crippen LogP contribution is 2.22. The van der Waals surface area contributed by atoms with Gasteiger partial charge in [0, 0.05) is 19.5 Å². The summed E-state index contributed by atoms with van der Waals surface area (Å²) in [5, 5.41) is 2.78. The fourth-order valence-corrected chi connectivity index (χ4v) is 3.26. The maximum Gasteiger partial charge on any atom is 0.242 e. The fraction of sp³-hybridized carbons (Fsp3) is 0.440. The lowest BCUT2D eigenvalue weighted by atomic mass is 9.86. The molecule has 2 amide bonds. The molecule has 0 fully saturated rings. The van der Waals surface area contributed by atoms with Crippen molar-refractivity contribution in [3.05, 3.63) is 71.0 Å². The predicted molar refractivity (Wildman–Crippen MR) is 119 cm³/mol. The van der Waals surface area contributed by atoms with Crippen molar-refractivity contribution in [1.29, 1.82) is 0 Å². The van der Waals surface area contributed by atoms with Crippen LogP contribution in [0.15, 0.2) is 48.5 Å². The predicted octanol–water partition coefficient (Wildman–Crippen LogP) is 4.61. The van der Waals surface area contributed by atoms with Crippen molar-refractivity contribution in [3.63, 3.8) is 0 Å². The summed E-state index contributed by atoms with van der Waals surface area (Å²) in [5.74, 6) is -0.618. The van der Waals surface area contributed by atoms with E-state index >= 15 is 0 Å². The quantitative estimate of drug-likeness (QED) is 0.688. The van der Waals surface area contributed by atoms with Crippen LogP contribution in [0.1, 0.15) is 57.7 Å². The maximum absolute atomic E-state index is 13.2. The Hall–Kier alpha value is -2.69. The van der Waals surface area contributed by atoms with E-state index in [-0.39, 0.29) is 29.6 Å². The second-order valence-corrected chi connectivity index (χ2v) is 8.67. The number of nitrogens with one attached hydrogen (secondary N) is 1. The number of amides is 2. The molecule has 30 heavy (non-hydrogen) atoms. The van der Waals surface area contributed by atoms with Crippen LogP contribution in [0, 0.1) is 5.82 Å². The van der Waals surface area contributed by atoms with Gasteiger partial charge in [-0.2, -0.15) is 0 Å². The molecule has 1 N–H and O–H groups in total. The van der Waals surface area contributed by atoms with Crippen molar-refractivity contribution in [2.45, 2.75) is 65.5 Å². The van der Waals surface area contributed by atoms with E-state index < -0.39 is 6.04 Å². The lowest BCUT2D eigenvalue weighted by molar-refractivity contribution is -0.140. The Bertz CT molecular complexity index is 839. The molecule has 0 unspecified atom stereocenters. The SMILES string of the molecule is CCNC(=O)[C@H](C)N(Cc1ccc(F)cc1)C(=O)CCc1ccc(C(C)(C)C)cc1. The minimum absolute atomic E-state index is 0.0857. The minimum Gasteiger partial charge on any atom is -0.355 e. The number of halogens is 1. The van der Waals surface area contributed by atoms with Crippen LogP contribution in [0.5, 0.6) is 0 Å². The summed E-state index contributed by atoms with van der Waals surface area (Å²) in [6, 6.07) is 13.7. The molecule has 0 saturated carbocycles. The molecule has 4 nitrogen and oxygen atoms in total. The second-order valence-electron chi connectivity index (χ2n) is 8.67. The number of hydrogen-bond donors (Lipinski definition) is 1. The van der Waals surface area contributed by atoms with E-state index in [9.17, 15) is 14.0 Å². The zero-order chi connectivity index (χ0) is 22.3. The highest BCUT2D eigenvalue weighted by Gasteiger charge is 2.25. The molecule has 0 radical (unpaired) electrons. The van der Waals surface area contributed by atoms with Crippen LogP contribution in [-0.4, -0.2) is 29.3 Å². The molecule has 0 aliphatic heterocycles. The molecular formula is C25H33FN2O2. The Labute approximate surface area is 179 Å². The van der Waals surface area contributed by atoms with Gasteiger partial charge in [-0.25, -0.2) is 4.39 Å². The molecule has 0 aliphatic rings. The van der Waals surface area contributed by atoms with E-state index in [0.29, 0.717) is 19.4 Å². The Balaban J connectivity index is 2.11. The van der Waals surface area contributed by atoms with E-state index in [1.54, 1.807) is 24.0 Å². The summed E-state index contributed by atoms with van der Waals surface area (Å²) >= 11 is 0. The average molecular weight is 413 g/mol.